The Morgan fingerprint density at radius 1 is 1.16 bits per heavy atom. The molecule has 6 heteroatoms. The number of allylic oxidation sites excluding steroid dienone is 1. The van der Waals surface area contributed by atoms with Gasteiger partial charge < -0.3 is 19.8 Å². The number of hydrogen-bond donors (Lipinski definition) is 2. The Morgan fingerprint density at radius 2 is 1.92 bits per heavy atom. The van der Waals surface area contributed by atoms with Crippen molar-refractivity contribution in [2.75, 3.05) is 27.2 Å². The number of likely N-dealkylation sites (tertiary alicyclic amines) is 1. The number of piperidine rings is 1. The Balaban J connectivity index is 1.32. The van der Waals surface area contributed by atoms with Gasteiger partial charge in [-0.15, -0.1) is 0 Å². The molecule has 2 saturated carbocycles. The van der Waals surface area contributed by atoms with Crippen molar-refractivity contribution in [3.05, 3.63) is 65.7 Å². The standard InChI is InChI=1S/C32H42N2O4/c1-22(25-7-5-4-6-8-25)17-31(36)33(2)27-13-15-32(37)26(20-27)14-16-34(21-23-9-10-23)30(32)19-24-11-12-28(35)29(18-24)38-3/h4-8,11-12,17-18,23,26-27,30,35,37H,9-10,13-16,19-21H2,1-3H3/b22-17+. The SMILES string of the molecule is COc1cc(CC2N(CC3CC3)CCC3CC(N(C)C(=O)/C=C(\C)c4ccccc4)CCC32O)ccc1O. The second-order valence-electron chi connectivity index (χ2n) is 11.7. The topological polar surface area (TPSA) is 73.2 Å². The zero-order chi connectivity index (χ0) is 26.9. The molecule has 2 aliphatic carbocycles. The van der Waals surface area contributed by atoms with Crippen LogP contribution in [0.15, 0.2) is 54.6 Å². The van der Waals surface area contributed by atoms with Gasteiger partial charge in [0.15, 0.2) is 11.5 Å². The van der Waals surface area contributed by atoms with Crippen LogP contribution in [0.3, 0.4) is 0 Å². The lowest BCUT2D eigenvalue weighted by Gasteiger charge is -2.56. The maximum Gasteiger partial charge on any atom is 0.246 e. The number of hydrogen-bond acceptors (Lipinski definition) is 5. The average molecular weight is 519 g/mol. The molecule has 6 nitrogen and oxygen atoms in total. The van der Waals surface area contributed by atoms with Gasteiger partial charge in [-0.3, -0.25) is 9.69 Å². The number of carbonyl (C=O) groups excluding carboxylic acids is 1. The number of aromatic hydroxyl groups is 1. The number of methoxy groups -OCH3 is 1. The molecule has 4 unspecified atom stereocenters. The van der Waals surface area contributed by atoms with Gasteiger partial charge in [-0.05, 0) is 99.1 Å². The number of likely N-dealkylation sites (N-methyl/N-ethyl adjacent to an activating group) is 1. The third-order valence-electron chi connectivity index (χ3n) is 9.25. The summed E-state index contributed by atoms with van der Waals surface area (Å²) in [7, 11) is 3.48. The molecule has 2 aromatic rings. The minimum atomic E-state index is -0.797. The highest BCUT2D eigenvalue weighted by atomic mass is 16.5. The van der Waals surface area contributed by atoms with Crippen molar-refractivity contribution in [2.45, 2.75) is 69.6 Å². The molecule has 2 aromatic carbocycles. The number of nitrogens with zero attached hydrogens (tertiary/aromatic N) is 2. The van der Waals surface area contributed by atoms with Crippen LogP contribution in [0.5, 0.6) is 11.5 Å². The van der Waals surface area contributed by atoms with Gasteiger partial charge in [0.2, 0.25) is 5.91 Å². The van der Waals surface area contributed by atoms with Gasteiger partial charge >= 0.3 is 0 Å². The van der Waals surface area contributed by atoms with Gasteiger partial charge in [0.25, 0.3) is 0 Å². The maximum absolute atomic E-state index is 13.2. The van der Waals surface area contributed by atoms with Crippen LogP contribution in [0, 0.1) is 11.8 Å². The molecule has 3 aliphatic rings. The Kier molecular flexibility index (Phi) is 7.83. The van der Waals surface area contributed by atoms with E-state index >= 15 is 0 Å². The molecule has 3 fully saturated rings. The zero-order valence-corrected chi connectivity index (χ0v) is 23.0. The number of carbonyl (C=O) groups is 1. The fourth-order valence-corrected chi connectivity index (χ4v) is 6.68. The number of benzene rings is 2. The fourth-order valence-electron chi connectivity index (χ4n) is 6.68. The highest BCUT2D eigenvalue weighted by molar-refractivity contribution is 5.94. The summed E-state index contributed by atoms with van der Waals surface area (Å²) in [5, 5.41) is 22.4. The lowest BCUT2D eigenvalue weighted by molar-refractivity contribution is -0.155. The molecular weight excluding hydrogens is 476 g/mol. The first-order chi connectivity index (χ1) is 18.3. The van der Waals surface area contributed by atoms with Gasteiger partial charge in [-0.1, -0.05) is 36.4 Å². The lowest BCUT2D eigenvalue weighted by Crippen LogP contribution is -2.65. The third kappa shape index (κ3) is 5.62. The number of aliphatic hydroxyl groups is 1. The quantitative estimate of drug-likeness (QED) is 0.487. The summed E-state index contributed by atoms with van der Waals surface area (Å²) in [5.74, 6) is 1.52. The van der Waals surface area contributed by atoms with Gasteiger partial charge in [0.1, 0.15) is 0 Å². The van der Waals surface area contributed by atoms with Crippen LogP contribution in [-0.4, -0.2) is 70.9 Å². The van der Waals surface area contributed by atoms with Crippen LogP contribution in [0.25, 0.3) is 5.57 Å². The van der Waals surface area contributed by atoms with Crippen molar-refractivity contribution >= 4 is 11.5 Å². The highest BCUT2D eigenvalue weighted by Crippen LogP contribution is 2.47. The number of rotatable bonds is 8. The second kappa shape index (κ2) is 11.1. The third-order valence-corrected chi connectivity index (χ3v) is 9.25. The number of ether oxygens (including phenoxy) is 1. The predicted molar refractivity (Wildman–Crippen MR) is 150 cm³/mol. The van der Waals surface area contributed by atoms with E-state index in [0.29, 0.717) is 12.2 Å². The summed E-state index contributed by atoms with van der Waals surface area (Å²) in [5.41, 5.74) is 2.29. The van der Waals surface area contributed by atoms with Crippen LogP contribution in [-0.2, 0) is 11.2 Å². The maximum atomic E-state index is 13.2. The Bertz CT molecular complexity index is 1160. The zero-order valence-electron chi connectivity index (χ0n) is 23.0. The Hall–Kier alpha value is -2.83. The minimum absolute atomic E-state index is 0.0123. The van der Waals surface area contributed by atoms with E-state index in [1.165, 1.54) is 12.8 Å². The molecule has 0 radical (unpaired) electrons. The normalized spacial score (nSPS) is 28.0. The van der Waals surface area contributed by atoms with Gasteiger partial charge in [-0.25, -0.2) is 0 Å². The molecule has 38 heavy (non-hydrogen) atoms. The van der Waals surface area contributed by atoms with Crippen LogP contribution in [0.1, 0.15) is 56.6 Å². The summed E-state index contributed by atoms with van der Waals surface area (Å²) >= 11 is 0. The smallest absolute Gasteiger partial charge is 0.246 e. The summed E-state index contributed by atoms with van der Waals surface area (Å²) in [4.78, 5) is 17.6. The number of amides is 1. The van der Waals surface area contributed by atoms with Crippen molar-refractivity contribution in [3.8, 4) is 11.5 Å². The molecule has 1 amide bonds. The predicted octanol–water partition coefficient (Wildman–Crippen LogP) is 4.89. The summed E-state index contributed by atoms with van der Waals surface area (Å²) in [6, 6.07) is 15.7. The van der Waals surface area contributed by atoms with Crippen LogP contribution in [0.4, 0.5) is 0 Å². The molecule has 1 aliphatic heterocycles. The van der Waals surface area contributed by atoms with Gasteiger partial charge in [0.05, 0.1) is 12.7 Å². The van der Waals surface area contributed by atoms with E-state index in [9.17, 15) is 15.0 Å². The molecule has 1 heterocycles. The van der Waals surface area contributed by atoms with E-state index < -0.39 is 5.60 Å². The Labute approximate surface area is 226 Å². The van der Waals surface area contributed by atoms with Crippen LogP contribution < -0.4 is 4.74 Å². The van der Waals surface area contributed by atoms with E-state index in [1.807, 2.05) is 61.3 Å². The molecule has 204 valence electrons. The van der Waals surface area contributed by atoms with E-state index in [2.05, 4.69) is 4.90 Å². The van der Waals surface area contributed by atoms with Crippen molar-refractivity contribution in [1.29, 1.82) is 0 Å². The highest BCUT2D eigenvalue weighted by Gasteiger charge is 2.53. The first-order valence-corrected chi connectivity index (χ1v) is 14.1. The van der Waals surface area contributed by atoms with E-state index in [4.69, 9.17) is 4.74 Å². The van der Waals surface area contributed by atoms with E-state index in [1.54, 1.807) is 19.3 Å². The number of phenolic OH excluding ortho intramolecular Hbond substituents is 1. The summed E-state index contributed by atoms with van der Waals surface area (Å²) < 4.78 is 5.36. The molecule has 0 spiro atoms. The molecule has 0 aromatic heterocycles. The first kappa shape index (κ1) is 26.8. The van der Waals surface area contributed by atoms with E-state index in [-0.39, 0.29) is 29.7 Å². The molecule has 5 rings (SSSR count). The first-order valence-electron chi connectivity index (χ1n) is 14.1. The number of fused-ring (bicyclic) bond motifs is 1. The monoisotopic (exact) mass is 518 g/mol. The molecule has 1 saturated heterocycles. The Morgan fingerprint density at radius 3 is 2.63 bits per heavy atom. The molecule has 0 bridgehead atoms. The van der Waals surface area contributed by atoms with Crippen molar-refractivity contribution < 1.29 is 19.7 Å². The molecule has 4 atom stereocenters. The average Bonchev–Trinajstić information content (AvgIpc) is 3.75. The fraction of sp³-hybridized carbons (Fsp3) is 0.531. The molecule has 2 N–H and O–H groups in total. The van der Waals surface area contributed by atoms with Gasteiger partial charge in [0, 0.05) is 31.8 Å². The van der Waals surface area contributed by atoms with Gasteiger partial charge in [-0.2, -0.15) is 0 Å². The van der Waals surface area contributed by atoms with Crippen LogP contribution in [0.2, 0.25) is 0 Å². The summed E-state index contributed by atoms with van der Waals surface area (Å²) in [6.07, 6.45) is 8.28. The largest absolute Gasteiger partial charge is 0.504 e. The number of phenols is 1. The summed E-state index contributed by atoms with van der Waals surface area (Å²) in [6.45, 7) is 4.00. The minimum Gasteiger partial charge on any atom is -0.504 e. The van der Waals surface area contributed by atoms with Crippen LogP contribution >= 0.6 is 0 Å². The lowest BCUT2D eigenvalue weighted by atomic mass is 9.64. The van der Waals surface area contributed by atoms with E-state index in [0.717, 1.165) is 61.4 Å². The van der Waals surface area contributed by atoms with Crippen molar-refractivity contribution in [3.63, 3.8) is 0 Å². The van der Waals surface area contributed by atoms with Crippen molar-refractivity contribution in [1.82, 2.24) is 9.80 Å². The van der Waals surface area contributed by atoms with Crippen molar-refractivity contribution in [2.24, 2.45) is 11.8 Å². The second-order valence-corrected chi connectivity index (χ2v) is 11.7. The molecular formula is C32H42N2O4.